The molecule has 0 saturated carbocycles. The van der Waals surface area contributed by atoms with Crippen molar-refractivity contribution >= 4 is 12.0 Å². The number of nitrogens with zero attached hydrogens (tertiary/aromatic N) is 1. The molecule has 0 saturated heterocycles. The van der Waals surface area contributed by atoms with Crippen LogP contribution in [0.25, 0.3) is 17.2 Å². The molecule has 3 nitrogen and oxygen atoms in total. The van der Waals surface area contributed by atoms with Gasteiger partial charge in [-0.2, -0.15) is 5.26 Å². The van der Waals surface area contributed by atoms with E-state index in [0.29, 0.717) is 11.1 Å². The Labute approximate surface area is 123 Å². The van der Waals surface area contributed by atoms with Crippen molar-refractivity contribution in [2.24, 2.45) is 0 Å². The maximum atomic E-state index is 10.7. The zero-order valence-electron chi connectivity index (χ0n) is 11.7. The van der Waals surface area contributed by atoms with Gasteiger partial charge >= 0.3 is 5.97 Å². The van der Waals surface area contributed by atoms with Gasteiger partial charge in [-0.05, 0) is 29.2 Å². The molecule has 0 spiro atoms. The Kier molecular flexibility index (Phi) is 4.53. The third-order valence-electron chi connectivity index (χ3n) is 3.28. The highest BCUT2D eigenvalue weighted by Gasteiger charge is 2.13. The van der Waals surface area contributed by atoms with Gasteiger partial charge in [-0.3, -0.25) is 0 Å². The minimum Gasteiger partial charge on any atom is -0.478 e. The number of aliphatic carboxylic acids is 1. The second kappa shape index (κ2) is 6.53. The minimum absolute atomic E-state index is 0.512. The summed E-state index contributed by atoms with van der Waals surface area (Å²) in [5.41, 5.74) is 4.06. The van der Waals surface area contributed by atoms with Crippen LogP contribution in [0, 0.1) is 11.3 Å². The highest BCUT2D eigenvalue weighted by atomic mass is 16.4. The lowest BCUT2D eigenvalue weighted by atomic mass is 9.90. The van der Waals surface area contributed by atoms with Crippen LogP contribution in [0.5, 0.6) is 0 Å². The van der Waals surface area contributed by atoms with E-state index < -0.39 is 5.97 Å². The molecule has 0 aliphatic rings. The van der Waals surface area contributed by atoms with E-state index >= 15 is 0 Å². The molecule has 0 radical (unpaired) electrons. The molecule has 0 aromatic heterocycles. The Morgan fingerprint density at radius 1 is 1.24 bits per heavy atom. The average molecular weight is 277 g/mol. The molecule has 21 heavy (non-hydrogen) atoms. The van der Waals surface area contributed by atoms with Gasteiger partial charge in [-0.1, -0.05) is 49.4 Å². The second-order valence-corrected chi connectivity index (χ2v) is 4.57. The van der Waals surface area contributed by atoms with Crippen LogP contribution in [-0.2, 0) is 11.2 Å². The molecule has 0 bridgehead atoms. The third-order valence-corrected chi connectivity index (χ3v) is 3.28. The fourth-order valence-corrected chi connectivity index (χ4v) is 2.31. The number of hydrogen-bond donors (Lipinski definition) is 1. The molecular formula is C18H15NO2. The molecule has 0 heterocycles. The van der Waals surface area contributed by atoms with E-state index in [4.69, 9.17) is 5.11 Å². The first-order chi connectivity index (χ1) is 10.2. The SMILES string of the molecule is CCc1ccc(C=CC(=O)O)c(C#N)c1-c1ccccc1. The number of carboxylic acid groups (broad SMARTS) is 1. The predicted octanol–water partition coefficient (Wildman–Crippen LogP) is 3.89. The molecule has 2 rings (SSSR count). The normalized spacial score (nSPS) is 10.5. The van der Waals surface area contributed by atoms with Gasteiger partial charge in [0.15, 0.2) is 0 Å². The van der Waals surface area contributed by atoms with Crippen LogP contribution < -0.4 is 0 Å². The van der Waals surface area contributed by atoms with Crippen molar-refractivity contribution in [3.63, 3.8) is 0 Å². The molecule has 0 aliphatic carbocycles. The van der Waals surface area contributed by atoms with Crippen molar-refractivity contribution in [1.82, 2.24) is 0 Å². The van der Waals surface area contributed by atoms with Gasteiger partial charge in [0.05, 0.1) is 5.56 Å². The monoisotopic (exact) mass is 277 g/mol. The van der Waals surface area contributed by atoms with Gasteiger partial charge in [0.25, 0.3) is 0 Å². The molecule has 2 aromatic carbocycles. The van der Waals surface area contributed by atoms with E-state index in [0.717, 1.165) is 29.2 Å². The largest absolute Gasteiger partial charge is 0.478 e. The van der Waals surface area contributed by atoms with Gasteiger partial charge in [0.2, 0.25) is 0 Å². The zero-order chi connectivity index (χ0) is 15.2. The van der Waals surface area contributed by atoms with E-state index in [2.05, 4.69) is 6.07 Å². The summed E-state index contributed by atoms with van der Waals surface area (Å²) in [5, 5.41) is 18.3. The molecule has 0 aliphatic heterocycles. The third kappa shape index (κ3) is 3.18. The lowest BCUT2D eigenvalue weighted by molar-refractivity contribution is -0.131. The summed E-state index contributed by atoms with van der Waals surface area (Å²) in [4.78, 5) is 10.7. The summed E-state index contributed by atoms with van der Waals surface area (Å²) in [6.07, 6.45) is 3.32. The van der Waals surface area contributed by atoms with Crippen molar-refractivity contribution in [3.05, 3.63) is 65.2 Å². The first kappa shape index (κ1) is 14.5. The first-order valence-electron chi connectivity index (χ1n) is 6.69. The maximum absolute atomic E-state index is 10.7. The Balaban J connectivity index is 2.69. The van der Waals surface area contributed by atoms with Crippen LogP contribution in [0.1, 0.15) is 23.6 Å². The fraction of sp³-hybridized carbons (Fsp3) is 0.111. The van der Waals surface area contributed by atoms with E-state index in [1.807, 2.05) is 43.3 Å². The summed E-state index contributed by atoms with van der Waals surface area (Å²) >= 11 is 0. The smallest absolute Gasteiger partial charge is 0.328 e. The summed E-state index contributed by atoms with van der Waals surface area (Å²) in [6, 6.07) is 15.7. The summed E-state index contributed by atoms with van der Waals surface area (Å²) in [5.74, 6) is -1.03. The number of benzene rings is 2. The molecule has 0 unspecified atom stereocenters. The lowest BCUT2D eigenvalue weighted by Crippen LogP contribution is -1.96. The van der Waals surface area contributed by atoms with E-state index in [-0.39, 0.29) is 0 Å². The Hall–Kier alpha value is -2.86. The summed E-state index contributed by atoms with van der Waals surface area (Å²) in [6.45, 7) is 2.04. The fourth-order valence-electron chi connectivity index (χ4n) is 2.31. The van der Waals surface area contributed by atoms with Crippen molar-refractivity contribution < 1.29 is 9.90 Å². The number of carboxylic acids is 1. The van der Waals surface area contributed by atoms with Crippen LogP contribution in [0.2, 0.25) is 0 Å². The van der Waals surface area contributed by atoms with Gasteiger partial charge in [-0.15, -0.1) is 0 Å². The number of rotatable bonds is 4. The van der Waals surface area contributed by atoms with Crippen LogP contribution in [-0.4, -0.2) is 11.1 Å². The van der Waals surface area contributed by atoms with E-state index in [1.165, 1.54) is 6.08 Å². The average Bonchev–Trinajstić information content (AvgIpc) is 2.52. The van der Waals surface area contributed by atoms with Gasteiger partial charge in [0, 0.05) is 11.6 Å². The zero-order valence-corrected chi connectivity index (χ0v) is 11.7. The molecule has 1 N–H and O–H groups in total. The summed E-state index contributed by atoms with van der Waals surface area (Å²) < 4.78 is 0. The quantitative estimate of drug-likeness (QED) is 0.862. The number of aryl methyl sites for hydroxylation is 1. The molecule has 104 valence electrons. The highest BCUT2D eigenvalue weighted by Crippen LogP contribution is 2.30. The molecule has 2 aromatic rings. The Morgan fingerprint density at radius 2 is 1.95 bits per heavy atom. The minimum atomic E-state index is -1.03. The van der Waals surface area contributed by atoms with Gasteiger partial charge in [0.1, 0.15) is 6.07 Å². The van der Waals surface area contributed by atoms with Crippen molar-refractivity contribution in [3.8, 4) is 17.2 Å². The van der Waals surface area contributed by atoms with Crippen molar-refractivity contribution in [1.29, 1.82) is 5.26 Å². The van der Waals surface area contributed by atoms with Crippen molar-refractivity contribution in [2.45, 2.75) is 13.3 Å². The first-order valence-corrected chi connectivity index (χ1v) is 6.69. The Morgan fingerprint density at radius 3 is 2.52 bits per heavy atom. The highest BCUT2D eigenvalue weighted by molar-refractivity contribution is 5.87. The van der Waals surface area contributed by atoms with Crippen LogP contribution >= 0.6 is 0 Å². The molecule has 3 heteroatoms. The number of hydrogen-bond acceptors (Lipinski definition) is 2. The molecule has 0 amide bonds. The number of carbonyl (C=O) groups is 1. The van der Waals surface area contributed by atoms with E-state index in [1.54, 1.807) is 6.07 Å². The predicted molar refractivity (Wildman–Crippen MR) is 82.6 cm³/mol. The maximum Gasteiger partial charge on any atom is 0.328 e. The van der Waals surface area contributed by atoms with Crippen LogP contribution in [0.4, 0.5) is 0 Å². The van der Waals surface area contributed by atoms with E-state index in [9.17, 15) is 10.1 Å². The van der Waals surface area contributed by atoms with Crippen molar-refractivity contribution in [2.75, 3.05) is 0 Å². The number of nitriles is 1. The molecule has 0 atom stereocenters. The van der Waals surface area contributed by atoms with Gasteiger partial charge in [-0.25, -0.2) is 4.79 Å². The summed E-state index contributed by atoms with van der Waals surface area (Å²) in [7, 11) is 0. The Bertz CT molecular complexity index is 725. The topological polar surface area (TPSA) is 61.1 Å². The molecular weight excluding hydrogens is 262 g/mol. The standard InChI is InChI=1S/C18H15NO2/c1-2-13-8-9-14(10-11-17(20)21)16(12-19)18(13)15-6-4-3-5-7-15/h3-11H,2H2,1H3,(H,20,21). The molecule has 0 fully saturated rings. The van der Waals surface area contributed by atoms with Gasteiger partial charge < -0.3 is 5.11 Å². The van der Waals surface area contributed by atoms with Crippen LogP contribution in [0.15, 0.2) is 48.5 Å². The second-order valence-electron chi connectivity index (χ2n) is 4.57. The van der Waals surface area contributed by atoms with Crippen LogP contribution in [0.3, 0.4) is 0 Å². The lowest BCUT2D eigenvalue weighted by Gasteiger charge is -2.12.